The third-order valence-electron chi connectivity index (χ3n) is 5.87. The minimum absolute atomic E-state index is 0.0688. The minimum Gasteiger partial charge on any atom is -0.494 e. The van der Waals surface area contributed by atoms with E-state index in [0.717, 1.165) is 35.3 Å². The van der Waals surface area contributed by atoms with Crippen LogP contribution >= 0.6 is 23.4 Å². The van der Waals surface area contributed by atoms with Gasteiger partial charge >= 0.3 is 0 Å². The molecule has 4 rings (SSSR count). The number of carbonyl (C=O) groups is 2. The van der Waals surface area contributed by atoms with E-state index in [2.05, 4.69) is 11.4 Å². The Balaban J connectivity index is 1.31. The second-order valence-corrected chi connectivity index (χ2v) is 9.84. The molecule has 1 aliphatic rings. The molecule has 3 aromatic rings. The first-order valence-electron chi connectivity index (χ1n) is 11.8. The highest BCUT2D eigenvalue weighted by Gasteiger charge is 2.32. The summed E-state index contributed by atoms with van der Waals surface area (Å²) >= 11 is 7.59. The third kappa shape index (κ3) is 6.59. The summed E-state index contributed by atoms with van der Waals surface area (Å²) in [5.41, 5.74) is 3.82. The van der Waals surface area contributed by atoms with Crippen molar-refractivity contribution in [3.05, 3.63) is 100 Å². The van der Waals surface area contributed by atoms with Crippen LogP contribution in [0.2, 0.25) is 5.02 Å². The summed E-state index contributed by atoms with van der Waals surface area (Å²) in [6.07, 6.45) is 1.67. The van der Waals surface area contributed by atoms with E-state index in [9.17, 15) is 9.59 Å². The fourth-order valence-electron chi connectivity index (χ4n) is 4.08. The maximum atomic E-state index is 12.6. The molecule has 0 aromatic heterocycles. The molecule has 0 aliphatic carbocycles. The van der Waals surface area contributed by atoms with Crippen LogP contribution in [0.25, 0.3) is 0 Å². The van der Waals surface area contributed by atoms with Gasteiger partial charge in [0.2, 0.25) is 5.91 Å². The van der Waals surface area contributed by atoms with E-state index >= 15 is 0 Å². The van der Waals surface area contributed by atoms with E-state index in [-0.39, 0.29) is 17.2 Å². The number of carbonyl (C=O) groups excluding carboxylic acids is 2. The third-order valence-corrected chi connectivity index (χ3v) is 7.38. The van der Waals surface area contributed by atoms with Crippen LogP contribution in [0.3, 0.4) is 0 Å². The molecule has 1 saturated heterocycles. The smallest absolute Gasteiger partial charge is 0.251 e. The molecular weight excluding hydrogens is 480 g/mol. The van der Waals surface area contributed by atoms with Crippen molar-refractivity contribution >= 4 is 35.2 Å². The van der Waals surface area contributed by atoms with E-state index in [0.29, 0.717) is 36.0 Å². The Hall–Kier alpha value is -2.96. The van der Waals surface area contributed by atoms with E-state index < -0.39 is 0 Å². The molecule has 2 amide bonds. The number of aryl methyl sites for hydroxylation is 1. The fraction of sp³-hybridized carbons (Fsp3) is 0.286. The van der Waals surface area contributed by atoms with Crippen LogP contribution in [-0.2, 0) is 17.8 Å². The number of para-hydroxylation sites is 1. The van der Waals surface area contributed by atoms with Gasteiger partial charge in [0.15, 0.2) is 0 Å². The maximum absolute atomic E-state index is 12.6. The van der Waals surface area contributed by atoms with Crippen LogP contribution in [0.15, 0.2) is 72.8 Å². The highest BCUT2D eigenvalue weighted by atomic mass is 35.5. The molecule has 1 N–H and O–H groups in total. The van der Waals surface area contributed by atoms with E-state index in [4.69, 9.17) is 16.3 Å². The lowest BCUT2D eigenvalue weighted by molar-refractivity contribution is -0.128. The van der Waals surface area contributed by atoms with Crippen molar-refractivity contribution in [2.45, 2.75) is 31.7 Å². The molecular formula is C28H29ClN2O3S. The van der Waals surface area contributed by atoms with Crippen molar-refractivity contribution in [2.24, 2.45) is 0 Å². The van der Waals surface area contributed by atoms with Crippen molar-refractivity contribution in [2.75, 3.05) is 18.9 Å². The number of halogens is 1. The highest BCUT2D eigenvalue weighted by Crippen LogP contribution is 2.39. The summed E-state index contributed by atoms with van der Waals surface area (Å²) < 4.78 is 5.67. The molecule has 182 valence electrons. The van der Waals surface area contributed by atoms with Crippen LogP contribution in [0.5, 0.6) is 5.75 Å². The van der Waals surface area contributed by atoms with Gasteiger partial charge in [0, 0.05) is 23.7 Å². The van der Waals surface area contributed by atoms with Crippen LogP contribution in [0, 0.1) is 0 Å². The molecule has 0 saturated carbocycles. The second-order valence-electron chi connectivity index (χ2n) is 8.33. The summed E-state index contributed by atoms with van der Waals surface area (Å²) in [5, 5.41) is 3.61. The Labute approximate surface area is 215 Å². The molecule has 5 nitrogen and oxygen atoms in total. The van der Waals surface area contributed by atoms with Gasteiger partial charge in [-0.3, -0.25) is 9.59 Å². The molecule has 7 heteroatoms. The monoisotopic (exact) mass is 508 g/mol. The predicted molar refractivity (Wildman–Crippen MR) is 142 cm³/mol. The quantitative estimate of drug-likeness (QED) is 0.348. The van der Waals surface area contributed by atoms with Crippen LogP contribution in [0.1, 0.15) is 45.8 Å². The first-order valence-corrected chi connectivity index (χ1v) is 13.2. The van der Waals surface area contributed by atoms with E-state index in [1.165, 1.54) is 0 Å². The fourth-order valence-corrected chi connectivity index (χ4v) is 5.39. The number of nitrogens with zero attached hydrogens (tertiary/aromatic N) is 1. The summed E-state index contributed by atoms with van der Waals surface area (Å²) in [6, 6.07) is 23.1. The molecule has 0 spiro atoms. The van der Waals surface area contributed by atoms with Crippen LogP contribution in [0.4, 0.5) is 0 Å². The number of thioether (sulfide) groups is 1. The average molecular weight is 509 g/mol. The van der Waals surface area contributed by atoms with E-state index in [1.54, 1.807) is 11.8 Å². The van der Waals surface area contributed by atoms with Gasteiger partial charge in [-0.2, -0.15) is 0 Å². The normalized spacial score (nSPS) is 15.3. The van der Waals surface area contributed by atoms with Gasteiger partial charge in [-0.05, 0) is 66.8 Å². The van der Waals surface area contributed by atoms with Gasteiger partial charge in [0.1, 0.15) is 11.1 Å². The maximum Gasteiger partial charge on any atom is 0.251 e. The first kappa shape index (κ1) is 25.1. The highest BCUT2D eigenvalue weighted by molar-refractivity contribution is 8.00. The van der Waals surface area contributed by atoms with Gasteiger partial charge in [-0.25, -0.2) is 0 Å². The zero-order chi connectivity index (χ0) is 24.6. The number of nitrogens with one attached hydrogen (secondary N) is 1. The van der Waals surface area contributed by atoms with Gasteiger partial charge in [0.05, 0.1) is 12.4 Å². The van der Waals surface area contributed by atoms with Gasteiger partial charge in [0.25, 0.3) is 5.91 Å². The average Bonchev–Trinajstić information content (AvgIpc) is 3.24. The number of ether oxygens (including phenoxy) is 1. The zero-order valence-corrected chi connectivity index (χ0v) is 21.3. The van der Waals surface area contributed by atoms with Crippen molar-refractivity contribution < 1.29 is 14.3 Å². The molecule has 1 atom stereocenters. The largest absolute Gasteiger partial charge is 0.494 e. The van der Waals surface area contributed by atoms with Crippen molar-refractivity contribution in [3.63, 3.8) is 0 Å². The molecule has 1 fully saturated rings. The van der Waals surface area contributed by atoms with Crippen LogP contribution < -0.4 is 10.1 Å². The Kier molecular flexibility index (Phi) is 8.72. The Morgan fingerprint density at radius 1 is 1.09 bits per heavy atom. The summed E-state index contributed by atoms with van der Waals surface area (Å²) in [4.78, 5) is 27.0. The first-order chi connectivity index (χ1) is 17.0. The Bertz CT molecular complexity index is 1150. The Morgan fingerprint density at radius 3 is 2.57 bits per heavy atom. The number of benzene rings is 3. The lowest BCUT2D eigenvalue weighted by atomic mass is 10.1. The number of rotatable bonds is 10. The number of amides is 2. The predicted octanol–water partition coefficient (Wildman–Crippen LogP) is 5.88. The van der Waals surface area contributed by atoms with Crippen molar-refractivity contribution in [1.29, 1.82) is 0 Å². The SMILES string of the molecule is CCOc1ccccc1CCCNC(=O)c1ccc([C@@H]2SCC(=O)N2Cc2ccc(Cl)cc2)cc1. The Morgan fingerprint density at radius 2 is 1.83 bits per heavy atom. The van der Waals surface area contributed by atoms with Gasteiger partial charge < -0.3 is 15.0 Å². The van der Waals surface area contributed by atoms with E-state index in [1.807, 2.05) is 78.6 Å². The molecule has 0 radical (unpaired) electrons. The number of hydrogen-bond acceptors (Lipinski definition) is 4. The summed E-state index contributed by atoms with van der Waals surface area (Å²) in [5.74, 6) is 1.38. The lowest BCUT2D eigenvalue weighted by Gasteiger charge is -2.24. The van der Waals surface area contributed by atoms with Gasteiger partial charge in [-0.15, -0.1) is 11.8 Å². The standard InChI is InChI=1S/C28H29ClN2O3S/c1-2-34-25-8-4-3-6-21(25)7-5-17-30-27(33)22-11-13-23(14-12-22)28-31(26(32)19-35-28)18-20-9-15-24(29)16-10-20/h3-4,6,8-16,28H,2,5,7,17-19H2,1H3,(H,30,33)/t28-/m0/s1. The summed E-state index contributed by atoms with van der Waals surface area (Å²) in [6.45, 7) is 3.73. The van der Waals surface area contributed by atoms with Gasteiger partial charge in [-0.1, -0.05) is 54.1 Å². The number of hydrogen-bond donors (Lipinski definition) is 1. The zero-order valence-electron chi connectivity index (χ0n) is 19.7. The molecule has 1 heterocycles. The topological polar surface area (TPSA) is 58.6 Å². The van der Waals surface area contributed by atoms with Crippen LogP contribution in [-0.4, -0.2) is 35.6 Å². The van der Waals surface area contributed by atoms with Crippen molar-refractivity contribution in [1.82, 2.24) is 10.2 Å². The summed E-state index contributed by atoms with van der Waals surface area (Å²) in [7, 11) is 0. The lowest BCUT2D eigenvalue weighted by Crippen LogP contribution is -2.28. The minimum atomic E-state index is -0.0946. The second kappa shape index (κ2) is 12.1. The molecule has 1 aliphatic heterocycles. The molecule has 3 aromatic carbocycles. The van der Waals surface area contributed by atoms with Crippen molar-refractivity contribution in [3.8, 4) is 5.75 Å². The molecule has 0 unspecified atom stereocenters. The molecule has 35 heavy (non-hydrogen) atoms. The molecule has 0 bridgehead atoms.